The summed E-state index contributed by atoms with van der Waals surface area (Å²) in [4.78, 5) is 7.07. The minimum Gasteiger partial charge on any atom is -0.386 e. The van der Waals surface area contributed by atoms with Crippen molar-refractivity contribution >= 4 is 5.96 Å². The van der Waals surface area contributed by atoms with Crippen molar-refractivity contribution in [1.82, 2.24) is 15.5 Å². The number of hydrogen-bond donors (Lipinski definition) is 3. The smallest absolute Gasteiger partial charge is 0.191 e. The van der Waals surface area contributed by atoms with Gasteiger partial charge in [0.25, 0.3) is 0 Å². The summed E-state index contributed by atoms with van der Waals surface area (Å²) >= 11 is 0. The quantitative estimate of drug-likeness (QED) is 0.446. The summed E-state index contributed by atoms with van der Waals surface area (Å²) in [6, 6.07) is 8.39. The molecule has 0 saturated carbocycles. The van der Waals surface area contributed by atoms with E-state index in [4.69, 9.17) is 4.74 Å². The van der Waals surface area contributed by atoms with Crippen molar-refractivity contribution in [1.29, 1.82) is 0 Å². The molecule has 0 bridgehead atoms. The third kappa shape index (κ3) is 8.17. The van der Waals surface area contributed by atoms with E-state index >= 15 is 0 Å². The van der Waals surface area contributed by atoms with Gasteiger partial charge < -0.3 is 25.4 Å². The highest BCUT2D eigenvalue weighted by Crippen LogP contribution is 2.14. The molecule has 1 fully saturated rings. The molecule has 1 aliphatic heterocycles. The molecular weight excluding hydrogens is 352 g/mol. The lowest BCUT2D eigenvalue weighted by Crippen LogP contribution is -2.49. The Morgan fingerprint density at radius 3 is 2.54 bits per heavy atom. The Bertz CT molecular complexity index is 581. The average Bonchev–Trinajstić information content (AvgIpc) is 2.67. The first-order chi connectivity index (χ1) is 13.5. The van der Waals surface area contributed by atoms with E-state index in [1.54, 1.807) is 0 Å². The summed E-state index contributed by atoms with van der Waals surface area (Å²) in [5.41, 5.74) is 2.10. The van der Waals surface area contributed by atoms with Gasteiger partial charge in [-0.25, -0.2) is 0 Å². The molecule has 1 aliphatic rings. The Morgan fingerprint density at radius 2 is 1.93 bits per heavy atom. The first kappa shape index (κ1) is 22.7. The molecule has 1 heterocycles. The van der Waals surface area contributed by atoms with E-state index in [1.807, 2.05) is 31.2 Å². The van der Waals surface area contributed by atoms with Crippen molar-refractivity contribution in [2.24, 2.45) is 4.99 Å². The Labute approximate surface area is 170 Å². The summed E-state index contributed by atoms with van der Waals surface area (Å²) in [5, 5.41) is 17.2. The molecule has 1 saturated heterocycles. The Balaban J connectivity index is 1.79. The van der Waals surface area contributed by atoms with Gasteiger partial charge in [0.2, 0.25) is 0 Å². The maximum absolute atomic E-state index is 10.4. The molecule has 0 aliphatic carbocycles. The lowest BCUT2D eigenvalue weighted by Gasteiger charge is -2.33. The molecule has 6 heteroatoms. The molecule has 3 N–H and O–H groups in total. The van der Waals surface area contributed by atoms with Gasteiger partial charge in [0, 0.05) is 32.2 Å². The number of ether oxygens (including phenoxy) is 1. The van der Waals surface area contributed by atoms with Crippen molar-refractivity contribution in [3.05, 3.63) is 35.4 Å². The van der Waals surface area contributed by atoms with E-state index in [-0.39, 0.29) is 0 Å². The van der Waals surface area contributed by atoms with Crippen molar-refractivity contribution < 1.29 is 9.84 Å². The van der Waals surface area contributed by atoms with Gasteiger partial charge >= 0.3 is 0 Å². The van der Waals surface area contributed by atoms with Gasteiger partial charge in [0.05, 0.1) is 25.4 Å². The average molecular weight is 391 g/mol. The minimum atomic E-state index is -0.584. The van der Waals surface area contributed by atoms with Gasteiger partial charge in [-0.05, 0) is 46.1 Å². The van der Waals surface area contributed by atoms with Crippen LogP contribution in [0.2, 0.25) is 0 Å². The molecular formula is C22H38N4O2. The van der Waals surface area contributed by atoms with Crippen LogP contribution < -0.4 is 10.6 Å². The van der Waals surface area contributed by atoms with Crippen LogP contribution in [0.25, 0.3) is 0 Å². The van der Waals surface area contributed by atoms with E-state index in [0.29, 0.717) is 18.7 Å². The van der Waals surface area contributed by atoms with Crippen LogP contribution in [0.3, 0.4) is 0 Å². The molecule has 0 radical (unpaired) electrons. The SMILES string of the molecule is CCNC(=NCC(O)c1ccc(C)cc1)NC1CCN(CCOC(C)C)CC1. The lowest BCUT2D eigenvalue weighted by molar-refractivity contribution is 0.0532. The number of piperidine rings is 1. The normalized spacial score (nSPS) is 17.7. The molecule has 28 heavy (non-hydrogen) atoms. The van der Waals surface area contributed by atoms with Crippen LogP contribution in [0.15, 0.2) is 29.3 Å². The van der Waals surface area contributed by atoms with Gasteiger partial charge in [-0.1, -0.05) is 29.8 Å². The van der Waals surface area contributed by atoms with Gasteiger partial charge in [-0.2, -0.15) is 0 Å². The fourth-order valence-corrected chi connectivity index (χ4v) is 3.30. The molecule has 2 rings (SSSR count). The van der Waals surface area contributed by atoms with Crippen LogP contribution in [0.5, 0.6) is 0 Å². The van der Waals surface area contributed by atoms with E-state index < -0.39 is 6.10 Å². The van der Waals surface area contributed by atoms with Crippen molar-refractivity contribution in [2.75, 3.05) is 39.3 Å². The summed E-state index contributed by atoms with van der Waals surface area (Å²) < 4.78 is 5.66. The van der Waals surface area contributed by atoms with Crippen LogP contribution in [0.4, 0.5) is 0 Å². The van der Waals surface area contributed by atoms with E-state index in [2.05, 4.69) is 41.3 Å². The number of nitrogens with zero attached hydrogens (tertiary/aromatic N) is 2. The number of aryl methyl sites for hydroxylation is 1. The number of benzene rings is 1. The maximum atomic E-state index is 10.4. The highest BCUT2D eigenvalue weighted by molar-refractivity contribution is 5.80. The Hall–Kier alpha value is -1.63. The van der Waals surface area contributed by atoms with E-state index in [0.717, 1.165) is 57.2 Å². The number of aliphatic imine (C=N–C) groups is 1. The Morgan fingerprint density at radius 1 is 1.25 bits per heavy atom. The highest BCUT2D eigenvalue weighted by atomic mass is 16.5. The first-order valence-electron chi connectivity index (χ1n) is 10.6. The zero-order valence-corrected chi connectivity index (χ0v) is 17.9. The molecule has 0 spiro atoms. The summed E-state index contributed by atoms with van der Waals surface area (Å²) in [6.07, 6.45) is 1.89. The second-order valence-corrected chi connectivity index (χ2v) is 7.83. The lowest BCUT2D eigenvalue weighted by atomic mass is 10.1. The second-order valence-electron chi connectivity index (χ2n) is 7.83. The third-order valence-corrected chi connectivity index (χ3v) is 5.02. The number of rotatable bonds is 9. The van der Waals surface area contributed by atoms with Gasteiger partial charge in [0.15, 0.2) is 5.96 Å². The first-order valence-corrected chi connectivity index (χ1v) is 10.6. The zero-order valence-electron chi connectivity index (χ0n) is 17.9. The predicted octanol–water partition coefficient (Wildman–Crippen LogP) is 2.47. The number of hydrogen-bond acceptors (Lipinski definition) is 4. The monoisotopic (exact) mass is 390 g/mol. The third-order valence-electron chi connectivity index (χ3n) is 5.02. The molecule has 0 amide bonds. The van der Waals surface area contributed by atoms with E-state index in [9.17, 15) is 5.11 Å². The van der Waals surface area contributed by atoms with Crippen molar-refractivity contribution in [3.63, 3.8) is 0 Å². The number of nitrogens with one attached hydrogen (secondary N) is 2. The Kier molecular flexibility index (Phi) is 9.75. The summed E-state index contributed by atoms with van der Waals surface area (Å²) in [6.45, 7) is 13.4. The fraction of sp³-hybridized carbons (Fsp3) is 0.682. The summed E-state index contributed by atoms with van der Waals surface area (Å²) in [5.74, 6) is 0.787. The maximum Gasteiger partial charge on any atom is 0.191 e. The largest absolute Gasteiger partial charge is 0.386 e. The molecule has 1 aromatic rings. The van der Waals surface area contributed by atoms with Crippen LogP contribution in [0, 0.1) is 6.92 Å². The molecule has 6 nitrogen and oxygen atoms in total. The number of aliphatic hydroxyl groups is 1. The standard InChI is InChI=1S/C22H38N4O2/c1-5-23-22(24-16-21(27)19-8-6-18(4)7-9-19)25-20-10-12-26(13-11-20)14-15-28-17(2)3/h6-9,17,20-21,27H,5,10-16H2,1-4H3,(H2,23,24,25). The van der Waals surface area contributed by atoms with Crippen molar-refractivity contribution in [2.45, 2.75) is 58.8 Å². The molecule has 0 aromatic heterocycles. The fourth-order valence-electron chi connectivity index (χ4n) is 3.30. The van der Waals surface area contributed by atoms with Crippen molar-refractivity contribution in [3.8, 4) is 0 Å². The number of likely N-dealkylation sites (tertiary alicyclic amines) is 1. The van der Waals surface area contributed by atoms with Crippen LogP contribution in [-0.2, 0) is 4.74 Å². The number of aliphatic hydroxyl groups excluding tert-OH is 1. The molecule has 1 aromatic carbocycles. The van der Waals surface area contributed by atoms with Crippen LogP contribution in [-0.4, -0.2) is 67.4 Å². The van der Waals surface area contributed by atoms with Gasteiger partial charge in [0.1, 0.15) is 0 Å². The van der Waals surface area contributed by atoms with Gasteiger partial charge in [-0.3, -0.25) is 4.99 Å². The number of guanidine groups is 1. The summed E-state index contributed by atoms with van der Waals surface area (Å²) in [7, 11) is 0. The van der Waals surface area contributed by atoms with Crippen LogP contribution in [0.1, 0.15) is 50.8 Å². The molecule has 1 unspecified atom stereocenters. The minimum absolute atomic E-state index is 0.299. The van der Waals surface area contributed by atoms with Crippen LogP contribution >= 0.6 is 0 Å². The molecule has 1 atom stereocenters. The molecule has 158 valence electrons. The zero-order chi connectivity index (χ0) is 20.4. The van der Waals surface area contributed by atoms with Gasteiger partial charge in [-0.15, -0.1) is 0 Å². The van der Waals surface area contributed by atoms with E-state index in [1.165, 1.54) is 5.56 Å². The second kappa shape index (κ2) is 12.0. The topological polar surface area (TPSA) is 69.1 Å². The highest BCUT2D eigenvalue weighted by Gasteiger charge is 2.20. The predicted molar refractivity (Wildman–Crippen MR) is 116 cm³/mol.